The Kier molecular flexibility index (Phi) is 0.859. The maximum absolute atomic E-state index is 3.17. The number of nitrogens with one attached hydrogen (secondary N) is 1. The molecule has 0 spiro atoms. The van der Waals surface area contributed by atoms with E-state index in [4.69, 9.17) is 0 Å². The van der Waals surface area contributed by atoms with Crippen molar-refractivity contribution in [3.63, 3.8) is 0 Å². The van der Waals surface area contributed by atoms with Crippen LogP contribution in [0.15, 0.2) is 24.4 Å². The van der Waals surface area contributed by atoms with E-state index >= 15 is 0 Å². The zero-order valence-corrected chi connectivity index (χ0v) is 5.04. The van der Waals surface area contributed by atoms with E-state index in [1.165, 1.54) is 5.69 Å². The Labute approximate surface area is 53.8 Å². The Bertz CT molecular complexity index is 235. The number of hydrogen-bond acceptors (Lipinski definition) is 1. The molecule has 2 heterocycles. The molecule has 0 amide bonds. The quantitative estimate of drug-likeness (QED) is 0.541. The highest BCUT2D eigenvalue weighted by atomic mass is 15.4. The molecule has 2 rings (SSSR count). The van der Waals surface area contributed by atoms with Crippen molar-refractivity contribution >= 4 is 6.08 Å². The lowest BCUT2D eigenvalue weighted by molar-refractivity contribution is 0.875. The minimum Gasteiger partial charge on any atom is -0.322 e. The van der Waals surface area contributed by atoms with Crippen LogP contribution in [0.1, 0.15) is 5.69 Å². The normalized spacial score (nSPS) is 14.7. The lowest BCUT2D eigenvalue weighted by Gasteiger charge is -2.11. The number of nitrogens with zero attached hydrogens (tertiary/aromatic N) is 1. The van der Waals surface area contributed by atoms with E-state index in [2.05, 4.69) is 23.6 Å². The van der Waals surface area contributed by atoms with Crippen molar-refractivity contribution in [1.82, 2.24) is 4.68 Å². The maximum Gasteiger partial charge on any atom is 0.0617 e. The maximum atomic E-state index is 3.17. The van der Waals surface area contributed by atoms with Gasteiger partial charge in [-0.25, -0.2) is 0 Å². The highest BCUT2D eigenvalue weighted by Crippen LogP contribution is 2.04. The lowest BCUT2D eigenvalue weighted by Crippen LogP contribution is -2.17. The van der Waals surface area contributed by atoms with Crippen LogP contribution < -0.4 is 5.43 Å². The van der Waals surface area contributed by atoms with Gasteiger partial charge in [0, 0.05) is 12.7 Å². The second kappa shape index (κ2) is 1.65. The van der Waals surface area contributed by atoms with Gasteiger partial charge in [0.2, 0.25) is 0 Å². The standard InChI is InChI=1S/C7H8N2/c1-3-7-4-2-6-9(7)8-5-1/h1-4,6,8H,5H2. The first kappa shape index (κ1) is 4.68. The fourth-order valence-corrected chi connectivity index (χ4v) is 1.00. The summed E-state index contributed by atoms with van der Waals surface area (Å²) in [6.07, 6.45) is 6.23. The zero-order valence-electron chi connectivity index (χ0n) is 5.04. The van der Waals surface area contributed by atoms with Crippen LogP contribution in [0.4, 0.5) is 0 Å². The second-order valence-electron chi connectivity index (χ2n) is 2.07. The van der Waals surface area contributed by atoms with E-state index in [-0.39, 0.29) is 0 Å². The van der Waals surface area contributed by atoms with Crippen molar-refractivity contribution in [2.24, 2.45) is 0 Å². The summed E-state index contributed by atoms with van der Waals surface area (Å²) in [5, 5.41) is 0. The van der Waals surface area contributed by atoms with Gasteiger partial charge in [0.25, 0.3) is 0 Å². The van der Waals surface area contributed by atoms with Gasteiger partial charge in [-0.2, -0.15) is 0 Å². The molecule has 0 atom stereocenters. The number of aromatic nitrogens is 1. The molecule has 0 fully saturated rings. The van der Waals surface area contributed by atoms with E-state index in [9.17, 15) is 0 Å². The monoisotopic (exact) mass is 120 g/mol. The van der Waals surface area contributed by atoms with E-state index in [0.29, 0.717) is 0 Å². The molecule has 1 aromatic rings. The number of hydrogen-bond donors (Lipinski definition) is 1. The van der Waals surface area contributed by atoms with E-state index in [1.54, 1.807) is 0 Å². The van der Waals surface area contributed by atoms with Gasteiger partial charge in [0.1, 0.15) is 0 Å². The van der Waals surface area contributed by atoms with Crippen molar-refractivity contribution < 1.29 is 0 Å². The van der Waals surface area contributed by atoms with Crippen LogP contribution in [0.2, 0.25) is 0 Å². The van der Waals surface area contributed by atoms with Gasteiger partial charge in [0.05, 0.1) is 5.69 Å². The molecule has 46 valence electrons. The van der Waals surface area contributed by atoms with Gasteiger partial charge in [0.15, 0.2) is 0 Å². The molecule has 2 nitrogen and oxygen atoms in total. The van der Waals surface area contributed by atoms with E-state index in [0.717, 1.165) is 6.54 Å². The first-order valence-corrected chi connectivity index (χ1v) is 3.04. The summed E-state index contributed by atoms with van der Waals surface area (Å²) >= 11 is 0. The van der Waals surface area contributed by atoms with Gasteiger partial charge in [-0.05, 0) is 18.2 Å². The summed E-state index contributed by atoms with van der Waals surface area (Å²) in [5.41, 5.74) is 4.40. The lowest BCUT2D eigenvalue weighted by atomic mass is 10.3. The molecule has 0 saturated heterocycles. The molecule has 0 radical (unpaired) electrons. The Morgan fingerprint density at radius 3 is 3.44 bits per heavy atom. The smallest absolute Gasteiger partial charge is 0.0617 e. The molecule has 0 aliphatic carbocycles. The van der Waals surface area contributed by atoms with Crippen molar-refractivity contribution in [3.8, 4) is 0 Å². The first-order chi connectivity index (χ1) is 4.47. The summed E-state index contributed by atoms with van der Waals surface area (Å²) in [6, 6.07) is 4.10. The SMILES string of the molecule is C1=Cc2cccn2NC1. The average molecular weight is 120 g/mol. The molecule has 9 heavy (non-hydrogen) atoms. The van der Waals surface area contributed by atoms with Gasteiger partial charge in [-0.3, -0.25) is 4.68 Å². The summed E-state index contributed by atoms with van der Waals surface area (Å²) in [5.74, 6) is 0. The van der Waals surface area contributed by atoms with Crippen molar-refractivity contribution in [3.05, 3.63) is 30.1 Å². The summed E-state index contributed by atoms with van der Waals surface area (Å²) in [7, 11) is 0. The summed E-state index contributed by atoms with van der Waals surface area (Å²) in [4.78, 5) is 0. The topological polar surface area (TPSA) is 17.0 Å². The highest BCUT2D eigenvalue weighted by Gasteiger charge is 1.97. The Hall–Kier alpha value is -1.18. The molecule has 0 bridgehead atoms. The van der Waals surface area contributed by atoms with Crippen molar-refractivity contribution in [2.75, 3.05) is 12.0 Å². The average Bonchev–Trinajstić information content (AvgIpc) is 2.33. The molecule has 1 N–H and O–H groups in total. The molecule has 1 aromatic heterocycles. The van der Waals surface area contributed by atoms with Gasteiger partial charge >= 0.3 is 0 Å². The Morgan fingerprint density at radius 2 is 2.56 bits per heavy atom. The molecule has 0 unspecified atom stereocenters. The highest BCUT2D eigenvalue weighted by molar-refractivity contribution is 5.48. The molecular weight excluding hydrogens is 112 g/mol. The molecule has 0 aromatic carbocycles. The minimum atomic E-state index is 0.932. The third kappa shape index (κ3) is 0.633. The largest absolute Gasteiger partial charge is 0.322 e. The van der Waals surface area contributed by atoms with E-state index in [1.807, 2.05) is 16.9 Å². The van der Waals surface area contributed by atoms with Crippen LogP contribution in [0, 0.1) is 0 Å². The summed E-state index contributed by atoms with van der Waals surface area (Å²) < 4.78 is 2.01. The first-order valence-electron chi connectivity index (χ1n) is 3.04. The van der Waals surface area contributed by atoms with Gasteiger partial charge < -0.3 is 5.43 Å². The van der Waals surface area contributed by atoms with Crippen LogP contribution in [-0.4, -0.2) is 11.2 Å². The fourth-order valence-electron chi connectivity index (χ4n) is 1.00. The van der Waals surface area contributed by atoms with Crippen LogP contribution in [0.5, 0.6) is 0 Å². The molecule has 2 heteroatoms. The predicted molar refractivity (Wildman–Crippen MR) is 37.7 cm³/mol. The number of fused-ring (bicyclic) bond motifs is 1. The molecular formula is C7H8N2. The Balaban J connectivity index is 2.53. The second-order valence-corrected chi connectivity index (χ2v) is 2.07. The molecule has 1 aliphatic rings. The van der Waals surface area contributed by atoms with Crippen LogP contribution >= 0.6 is 0 Å². The van der Waals surface area contributed by atoms with Crippen LogP contribution in [-0.2, 0) is 0 Å². The van der Waals surface area contributed by atoms with Crippen LogP contribution in [0.25, 0.3) is 6.08 Å². The van der Waals surface area contributed by atoms with Crippen LogP contribution in [0.3, 0.4) is 0 Å². The van der Waals surface area contributed by atoms with Crippen molar-refractivity contribution in [2.45, 2.75) is 0 Å². The van der Waals surface area contributed by atoms with Gasteiger partial charge in [-0.1, -0.05) is 6.08 Å². The Morgan fingerprint density at radius 1 is 1.56 bits per heavy atom. The predicted octanol–water partition coefficient (Wildman–Crippen LogP) is 1.06. The molecule has 1 aliphatic heterocycles. The van der Waals surface area contributed by atoms with Crippen molar-refractivity contribution in [1.29, 1.82) is 0 Å². The third-order valence-corrected chi connectivity index (χ3v) is 1.45. The zero-order chi connectivity index (χ0) is 6.10. The van der Waals surface area contributed by atoms with E-state index < -0.39 is 0 Å². The summed E-state index contributed by atoms with van der Waals surface area (Å²) in [6.45, 7) is 0.932. The molecule has 0 saturated carbocycles. The minimum absolute atomic E-state index is 0.932. The van der Waals surface area contributed by atoms with Gasteiger partial charge in [-0.15, -0.1) is 0 Å². The fraction of sp³-hybridized carbons (Fsp3) is 0.143. The number of rotatable bonds is 0. The third-order valence-electron chi connectivity index (χ3n) is 1.45.